The van der Waals surface area contributed by atoms with E-state index in [0.717, 1.165) is 14.2 Å². The largest absolute Gasteiger partial charge is 0.468 e. The minimum Gasteiger partial charge on any atom is -0.468 e. The number of aryl methyl sites for hydroxylation is 1. The molecule has 0 fully saturated rings. The van der Waals surface area contributed by atoms with E-state index in [-0.39, 0.29) is 5.15 Å². The number of halogens is 1. The van der Waals surface area contributed by atoms with Crippen LogP contribution in [-0.2, 0) is 36.1 Å². The van der Waals surface area contributed by atoms with Crippen molar-refractivity contribution >= 4 is 33.6 Å². The van der Waals surface area contributed by atoms with E-state index in [2.05, 4.69) is 14.5 Å². The van der Waals surface area contributed by atoms with E-state index in [4.69, 9.17) is 11.6 Å². The zero-order valence-electron chi connectivity index (χ0n) is 11.6. The SMILES string of the molecule is COC(=O)CN(CC(=O)OC)S(=O)(=O)c1ncn(C)c1Cl. The first-order valence-electron chi connectivity index (χ1n) is 5.54. The van der Waals surface area contributed by atoms with Crippen LogP contribution < -0.4 is 0 Å². The number of rotatable bonds is 6. The van der Waals surface area contributed by atoms with Crippen molar-refractivity contribution in [1.29, 1.82) is 0 Å². The molecule has 1 aromatic heterocycles. The van der Waals surface area contributed by atoms with Gasteiger partial charge in [0.05, 0.1) is 20.5 Å². The van der Waals surface area contributed by atoms with Crippen LogP contribution in [0.15, 0.2) is 11.4 Å². The highest BCUT2D eigenvalue weighted by molar-refractivity contribution is 7.89. The van der Waals surface area contributed by atoms with Gasteiger partial charge in [0, 0.05) is 7.05 Å². The summed E-state index contributed by atoms with van der Waals surface area (Å²) >= 11 is 5.84. The molecule has 0 atom stereocenters. The molecule has 0 saturated carbocycles. The number of imidazole rings is 1. The molecule has 0 spiro atoms. The molecule has 9 nitrogen and oxygen atoms in total. The number of hydrogen-bond donors (Lipinski definition) is 0. The summed E-state index contributed by atoms with van der Waals surface area (Å²) in [7, 11) is -0.562. The smallest absolute Gasteiger partial charge is 0.321 e. The van der Waals surface area contributed by atoms with Crippen molar-refractivity contribution in [2.24, 2.45) is 7.05 Å². The average Bonchev–Trinajstić information content (AvgIpc) is 2.78. The molecule has 118 valence electrons. The van der Waals surface area contributed by atoms with E-state index in [1.807, 2.05) is 0 Å². The summed E-state index contributed by atoms with van der Waals surface area (Å²) in [6.45, 7) is -1.33. The van der Waals surface area contributed by atoms with Crippen LogP contribution in [0.2, 0.25) is 5.15 Å². The Labute approximate surface area is 126 Å². The van der Waals surface area contributed by atoms with Crippen molar-refractivity contribution in [3.05, 3.63) is 11.5 Å². The molecule has 1 heterocycles. The number of carbonyl (C=O) groups is 2. The zero-order chi connectivity index (χ0) is 16.2. The molecule has 0 bridgehead atoms. The highest BCUT2D eigenvalue weighted by Crippen LogP contribution is 2.22. The topological polar surface area (TPSA) is 108 Å². The summed E-state index contributed by atoms with van der Waals surface area (Å²) in [4.78, 5) is 26.3. The molecule has 0 aliphatic heterocycles. The lowest BCUT2D eigenvalue weighted by Gasteiger charge is -2.18. The first-order chi connectivity index (χ1) is 9.73. The summed E-state index contributed by atoms with van der Waals surface area (Å²) in [5.41, 5.74) is 0. The third-order valence-corrected chi connectivity index (χ3v) is 4.77. The minimum atomic E-state index is -4.25. The van der Waals surface area contributed by atoms with Gasteiger partial charge in [0.25, 0.3) is 10.0 Å². The van der Waals surface area contributed by atoms with Gasteiger partial charge in [-0.3, -0.25) is 9.59 Å². The molecular weight excluding hydrogens is 326 g/mol. The number of ether oxygens (including phenoxy) is 2. The van der Waals surface area contributed by atoms with Gasteiger partial charge in [-0.25, -0.2) is 13.4 Å². The number of aromatic nitrogens is 2. The van der Waals surface area contributed by atoms with Crippen molar-refractivity contribution in [1.82, 2.24) is 13.9 Å². The van der Waals surface area contributed by atoms with Crippen molar-refractivity contribution in [3.8, 4) is 0 Å². The molecule has 21 heavy (non-hydrogen) atoms. The Morgan fingerprint density at radius 1 is 1.29 bits per heavy atom. The van der Waals surface area contributed by atoms with Crippen molar-refractivity contribution in [2.45, 2.75) is 5.03 Å². The number of carbonyl (C=O) groups excluding carboxylic acids is 2. The lowest BCUT2D eigenvalue weighted by atomic mass is 10.6. The van der Waals surface area contributed by atoms with Gasteiger partial charge in [0.15, 0.2) is 0 Å². The normalized spacial score (nSPS) is 11.5. The number of methoxy groups -OCH3 is 2. The molecule has 0 aliphatic rings. The Hall–Kier alpha value is -1.65. The lowest BCUT2D eigenvalue weighted by Crippen LogP contribution is -2.40. The molecule has 11 heteroatoms. The van der Waals surface area contributed by atoms with Crippen LogP contribution in [0.25, 0.3) is 0 Å². The molecule has 0 saturated heterocycles. The monoisotopic (exact) mass is 339 g/mol. The van der Waals surface area contributed by atoms with Crippen LogP contribution in [0.4, 0.5) is 0 Å². The van der Waals surface area contributed by atoms with Crippen LogP contribution >= 0.6 is 11.6 Å². The third kappa shape index (κ3) is 3.93. The van der Waals surface area contributed by atoms with E-state index in [0.29, 0.717) is 4.31 Å². The van der Waals surface area contributed by atoms with Gasteiger partial charge in [-0.05, 0) is 0 Å². The summed E-state index contributed by atoms with van der Waals surface area (Å²) in [6, 6.07) is 0. The van der Waals surface area contributed by atoms with Gasteiger partial charge in [-0.15, -0.1) is 0 Å². The number of esters is 2. The Bertz CT molecular complexity index is 623. The van der Waals surface area contributed by atoms with Gasteiger partial charge in [0.2, 0.25) is 5.03 Å². The minimum absolute atomic E-state index is 0.144. The second-order valence-corrected chi connectivity index (χ2v) is 6.09. The van der Waals surface area contributed by atoms with Gasteiger partial charge in [0.1, 0.15) is 18.2 Å². The predicted octanol–water partition coefficient (Wildman–Crippen LogP) is -0.590. The van der Waals surface area contributed by atoms with Crippen molar-refractivity contribution < 1.29 is 27.5 Å². The average molecular weight is 340 g/mol. The molecule has 1 aromatic rings. The van der Waals surface area contributed by atoms with Crippen LogP contribution in [0, 0.1) is 0 Å². The lowest BCUT2D eigenvalue weighted by molar-refractivity contribution is -0.143. The summed E-state index contributed by atoms with van der Waals surface area (Å²) < 4.78 is 35.5. The summed E-state index contributed by atoms with van der Waals surface area (Å²) in [5, 5.41) is -0.603. The maximum atomic E-state index is 12.4. The molecule has 0 N–H and O–H groups in total. The Morgan fingerprint density at radius 3 is 2.10 bits per heavy atom. The molecule has 0 radical (unpaired) electrons. The van der Waals surface area contributed by atoms with E-state index in [1.165, 1.54) is 17.9 Å². The van der Waals surface area contributed by atoms with Crippen molar-refractivity contribution in [3.63, 3.8) is 0 Å². The van der Waals surface area contributed by atoms with E-state index >= 15 is 0 Å². The Morgan fingerprint density at radius 2 is 1.76 bits per heavy atom. The fourth-order valence-electron chi connectivity index (χ4n) is 1.33. The summed E-state index contributed by atoms with van der Waals surface area (Å²) in [5.74, 6) is -1.68. The highest BCUT2D eigenvalue weighted by atomic mass is 35.5. The van der Waals surface area contributed by atoms with Crippen LogP contribution in [0.1, 0.15) is 0 Å². The second kappa shape index (κ2) is 6.87. The number of hydrogen-bond acceptors (Lipinski definition) is 7. The number of nitrogens with zero attached hydrogens (tertiary/aromatic N) is 3. The molecule has 1 rings (SSSR count). The maximum absolute atomic E-state index is 12.4. The van der Waals surface area contributed by atoms with E-state index < -0.39 is 40.1 Å². The Kier molecular flexibility index (Phi) is 5.70. The third-order valence-electron chi connectivity index (χ3n) is 2.48. The number of sulfonamides is 1. The molecule has 0 unspecified atom stereocenters. The van der Waals surface area contributed by atoms with E-state index in [1.54, 1.807) is 0 Å². The predicted molar refractivity (Wildman–Crippen MR) is 71.0 cm³/mol. The van der Waals surface area contributed by atoms with Gasteiger partial charge < -0.3 is 14.0 Å². The van der Waals surface area contributed by atoms with Gasteiger partial charge in [-0.1, -0.05) is 11.6 Å². The Balaban J connectivity index is 3.19. The fraction of sp³-hybridized carbons (Fsp3) is 0.500. The van der Waals surface area contributed by atoms with Crippen molar-refractivity contribution in [2.75, 3.05) is 27.3 Å². The first kappa shape index (κ1) is 17.4. The fourth-order valence-corrected chi connectivity index (χ4v) is 3.05. The first-order valence-corrected chi connectivity index (χ1v) is 7.36. The molecular formula is C10H14ClN3O6S. The van der Waals surface area contributed by atoms with Crippen LogP contribution in [-0.4, -0.2) is 61.5 Å². The zero-order valence-corrected chi connectivity index (χ0v) is 13.1. The highest BCUT2D eigenvalue weighted by Gasteiger charge is 2.33. The second-order valence-electron chi connectivity index (χ2n) is 3.88. The maximum Gasteiger partial charge on any atom is 0.321 e. The van der Waals surface area contributed by atoms with Crippen LogP contribution in [0.3, 0.4) is 0 Å². The molecule has 0 amide bonds. The van der Waals surface area contributed by atoms with Crippen LogP contribution in [0.5, 0.6) is 0 Å². The van der Waals surface area contributed by atoms with Gasteiger partial charge in [-0.2, -0.15) is 4.31 Å². The summed E-state index contributed by atoms with van der Waals surface area (Å²) in [6.07, 6.45) is 1.20. The standard InChI is InChI=1S/C10H14ClN3O6S/c1-13-6-12-10(9(13)11)21(17,18)14(4-7(15)19-2)5-8(16)20-3/h6H,4-5H2,1-3H3. The van der Waals surface area contributed by atoms with E-state index in [9.17, 15) is 18.0 Å². The molecule has 0 aromatic carbocycles. The quantitative estimate of drug-likeness (QED) is 0.637. The van der Waals surface area contributed by atoms with Gasteiger partial charge >= 0.3 is 11.9 Å². The molecule has 0 aliphatic carbocycles.